The standard InChI is InChI=1S/C13H14N4/c1-8-6-10-11(7-9(8)2)16-13(15-10)12-4-5-14-17(12)3/h4-7H,1-3H3,(H,15,16). The van der Waals surface area contributed by atoms with Gasteiger partial charge in [-0.1, -0.05) is 0 Å². The Morgan fingerprint density at radius 2 is 1.94 bits per heavy atom. The molecule has 0 aliphatic rings. The van der Waals surface area contributed by atoms with E-state index in [1.165, 1.54) is 11.1 Å². The van der Waals surface area contributed by atoms with Crippen molar-refractivity contribution in [2.75, 3.05) is 0 Å². The average Bonchev–Trinajstić information content (AvgIpc) is 2.85. The summed E-state index contributed by atoms with van der Waals surface area (Å²) in [5.41, 5.74) is 5.61. The summed E-state index contributed by atoms with van der Waals surface area (Å²) in [6.45, 7) is 4.21. The first-order valence-corrected chi connectivity index (χ1v) is 5.60. The molecule has 4 nitrogen and oxygen atoms in total. The summed E-state index contributed by atoms with van der Waals surface area (Å²) >= 11 is 0. The molecule has 0 saturated carbocycles. The zero-order valence-electron chi connectivity index (χ0n) is 10.2. The molecule has 17 heavy (non-hydrogen) atoms. The maximum absolute atomic E-state index is 4.60. The van der Waals surface area contributed by atoms with Crippen LogP contribution in [0.25, 0.3) is 22.6 Å². The van der Waals surface area contributed by atoms with Crippen LogP contribution in [0.4, 0.5) is 0 Å². The summed E-state index contributed by atoms with van der Waals surface area (Å²) in [6.07, 6.45) is 1.78. The van der Waals surface area contributed by atoms with E-state index in [1.807, 2.05) is 17.8 Å². The zero-order chi connectivity index (χ0) is 12.0. The molecule has 0 radical (unpaired) electrons. The van der Waals surface area contributed by atoms with Crippen molar-refractivity contribution in [3.63, 3.8) is 0 Å². The summed E-state index contributed by atoms with van der Waals surface area (Å²) < 4.78 is 1.82. The molecule has 0 aliphatic carbocycles. The number of hydrogen-bond acceptors (Lipinski definition) is 2. The van der Waals surface area contributed by atoms with Crippen molar-refractivity contribution in [2.24, 2.45) is 7.05 Å². The van der Waals surface area contributed by atoms with Crippen molar-refractivity contribution in [1.82, 2.24) is 19.7 Å². The van der Waals surface area contributed by atoms with E-state index in [1.54, 1.807) is 6.20 Å². The Balaban J connectivity index is 2.24. The Hall–Kier alpha value is -2.10. The van der Waals surface area contributed by atoms with Gasteiger partial charge in [-0.25, -0.2) is 4.98 Å². The van der Waals surface area contributed by atoms with E-state index in [2.05, 4.69) is 41.0 Å². The number of aryl methyl sites for hydroxylation is 3. The second-order valence-corrected chi connectivity index (χ2v) is 4.38. The third-order valence-corrected chi connectivity index (χ3v) is 3.16. The normalized spacial score (nSPS) is 11.2. The predicted octanol–water partition coefficient (Wildman–Crippen LogP) is 2.58. The summed E-state index contributed by atoms with van der Waals surface area (Å²) in [5, 5.41) is 4.15. The smallest absolute Gasteiger partial charge is 0.156 e. The van der Waals surface area contributed by atoms with E-state index in [0.29, 0.717) is 0 Å². The number of fused-ring (bicyclic) bond motifs is 1. The Morgan fingerprint density at radius 1 is 1.18 bits per heavy atom. The van der Waals surface area contributed by atoms with E-state index in [9.17, 15) is 0 Å². The van der Waals surface area contributed by atoms with Crippen molar-refractivity contribution < 1.29 is 0 Å². The first-order chi connectivity index (χ1) is 8.15. The molecule has 0 fully saturated rings. The Labute approximate surface area is 99.3 Å². The molecule has 0 bridgehead atoms. The maximum Gasteiger partial charge on any atom is 0.156 e. The van der Waals surface area contributed by atoms with Gasteiger partial charge < -0.3 is 4.98 Å². The summed E-state index contributed by atoms with van der Waals surface area (Å²) in [6, 6.07) is 6.20. The number of imidazole rings is 1. The van der Waals surface area contributed by atoms with Gasteiger partial charge in [0.2, 0.25) is 0 Å². The fourth-order valence-electron chi connectivity index (χ4n) is 2.00. The number of nitrogens with one attached hydrogen (secondary N) is 1. The minimum atomic E-state index is 0.866. The predicted molar refractivity (Wildman–Crippen MR) is 67.8 cm³/mol. The Morgan fingerprint density at radius 3 is 2.65 bits per heavy atom. The van der Waals surface area contributed by atoms with Gasteiger partial charge in [0.05, 0.1) is 11.0 Å². The highest BCUT2D eigenvalue weighted by atomic mass is 15.3. The van der Waals surface area contributed by atoms with Gasteiger partial charge in [-0.2, -0.15) is 5.10 Å². The first kappa shape index (κ1) is 10.1. The van der Waals surface area contributed by atoms with Gasteiger partial charge in [0.1, 0.15) is 5.69 Å². The number of nitrogens with zero attached hydrogens (tertiary/aromatic N) is 3. The number of aromatic nitrogens is 4. The summed E-state index contributed by atoms with van der Waals surface area (Å²) in [7, 11) is 1.92. The third kappa shape index (κ3) is 1.53. The van der Waals surface area contributed by atoms with E-state index in [-0.39, 0.29) is 0 Å². The molecule has 0 aliphatic heterocycles. The maximum atomic E-state index is 4.60. The molecule has 2 heterocycles. The van der Waals surface area contributed by atoms with Crippen LogP contribution in [0.3, 0.4) is 0 Å². The van der Waals surface area contributed by atoms with Crippen LogP contribution >= 0.6 is 0 Å². The van der Waals surface area contributed by atoms with Crippen LogP contribution in [0.5, 0.6) is 0 Å². The number of aromatic amines is 1. The zero-order valence-corrected chi connectivity index (χ0v) is 10.2. The Bertz CT molecular complexity index is 652. The van der Waals surface area contributed by atoms with Crippen LogP contribution < -0.4 is 0 Å². The second kappa shape index (κ2) is 3.45. The van der Waals surface area contributed by atoms with Crippen molar-refractivity contribution in [3.05, 3.63) is 35.5 Å². The topological polar surface area (TPSA) is 46.5 Å². The molecule has 0 saturated heterocycles. The van der Waals surface area contributed by atoms with Gasteiger partial charge in [-0.05, 0) is 43.2 Å². The van der Waals surface area contributed by atoms with Crippen molar-refractivity contribution >= 4 is 11.0 Å². The molecule has 2 aromatic heterocycles. The minimum Gasteiger partial charge on any atom is -0.337 e. The van der Waals surface area contributed by atoms with E-state index < -0.39 is 0 Å². The van der Waals surface area contributed by atoms with Crippen LogP contribution in [0.1, 0.15) is 11.1 Å². The molecular weight excluding hydrogens is 212 g/mol. The summed E-state index contributed by atoms with van der Waals surface area (Å²) in [5.74, 6) is 0.866. The molecule has 3 rings (SSSR count). The molecule has 1 aromatic carbocycles. The van der Waals surface area contributed by atoms with Gasteiger partial charge >= 0.3 is 0 Å². The molecule has 86 valence electrons. The molecule has 0 amide bonds. The molecule has 1 N–H and O–H groups in total. The average molecular weight is 226 g/mol. The fraction of sp³-hybridized carbons (Fsp3) is 0.231. The number of hydrogen-bond donors (Lipinski definition) is 1. The Kier molecular flexibility index (Phi) is 2.04. The van der Waals surface area contributed by atoms with Crippen molar-refractivity contribution in [1.29, 1.82) is 0 Å². The fourth-order valence-corrected chi connectivity index (χ4v) is 2.00. The second-order valence-electron chi connectivity index (χ2n) is 4.38. The number of benzene rings is 1. The highest BCUT2D eigenvalue weighted by Crippen LogP contribution is 2.22. The highest BCUT2D eigenvalue weighted by molar-refractivity contribution is 5.80. The monoisotopic (exact) mass is 226 g/mol. The lowest BCUT2D eigenvalue weighted by Crippen LogP contribution is -1.94. The molecular formula is C13H14N4. The lowest BCUT2D eigenvalue weighted by molar-refractivity contribution is 0.771. The van der Waals surface area contributed by atoms with E-state index >= 15 is 0 Å². The van der Waals surface area contributed by atoms with Crippen molar-refractivity contribution in [3.8, 4) is 11.5 Å². The largest absolute Gasteiger partial charge is 0.337 e. The van der Waals surface area contributed by atoms with Gasteiger partial charge in [-0.3, -0.25) is 4.68 Å². The molecule has 4 heteroatoms. The molecule has 0 atom stereocenters. The lowest BCUT2D eigenvalue weighted by Gasteiger charge is -1.97. The number of H-pyrrole nitrogens is 1. The van der Waals surface area contributed by atoms with E-state index in [4.69, 9.17) is 0 Å². The van der Waals surface area contributed by atoms with Crippen LogP contribution in [-0.2, 0) is 7.05 Å². The third-order valence-electron chi connectivity index (χ3n) is 3.16. The summed E-state index contributed by atoms with van der Waals surface area (Å²) in [4.78, 5) is 7.94. The van der Waals surface area contributed by atoms with Crippen LogP contribution in [0, 0.1) is 13.8 Å². The first-order valence-electron chi connectivity index (χ1n) is 5.60. The van der Waals surface area contributed by atoms with Crippen LogP contribution in [0.2, 0.25) is 0 Å². The number of rotatable bonds is 1. The highest BCUT2D eigenvalue weighted by Gasteiger charge is 2.09. The molecule has 3 aromatic rings. The van der Waals surface area contributed by atoms with Gasteiger partial charge in [0.15, 0.2) is 5.82 Å². The van der Waals surface area contributed by atoms with Gasteiger partial charge in [0, 0.05) is 13.2 Å². The van der Waals surface area contributed by atoms with Gasteiger partial charge in [-0.15, -0.1) is 0 Å². The quantitative estimate of drug-likeness (QED) is 0.693. The lowest BCUT2D eigenvalue weighted by atomic mass is 10.1. The minimum absolute atomic E-state index is 0.866. The van der Waals surface area contributed by atoms with Crippen LogP contribution in [0.15, 0.2) is 24.4 Å². The SMILES string of the molecule is Cc1cc2nc(-c3ccnn3C)[nH]c2cc1C. The van der Waals surface area contributed by atoms with E-state index in [0.717, 1.165) is 22.6 Å². The van der Waals surface area contributed by atoms with Gasteiger partial charge in [0.25, 0.3) is 0 Å². The molecule has 0 unspecified atom stereocenters. The van der Waals surface area contributed by atoms with Crippen molar-refractivity contribution in [2.45, 2.75) is 13.8 Å². The molecule has 0 spiro atoms. The van der Waals surface area contributed by atoms with Crippen LogP contribution in [-0.4, -0.2) is 19.7 Å².